The summed E-state index contributed by atoms with van der Waals surface area (Å²) >= 11 is 1.62. The fourth-order valence-corrected chi connectivity index (χ4v) is 8.01. The third kappa shape index (κ3) is 3.89. The summed E-state index contributed by atoms with van der Waals surface area (Å²) in [5, 5.41) is 6.13. The average Bonchev–Trinajstić information content (AvgIpc) is 3.23. The fraction of sp³-hybridized carbons (Fsp3) is 0.600. The van der Waals surface area contributed by atoms with Crippen molar-refractivity contribution < 1.29 is 4.79 Å². The number of thiazole rings is 1. The molecule has 0 radical (unpaired) electrons. The van der Waals surface area contributed by atoms with Crippen molar-refractivity contribution in [2.45, 2.75) is 43.9 Å². The number of hydrogen-bond acceptors (Lipinski definition) is 5. The van der Waals surface area contributed by atoms with E-state index in [4.69, 9.17) is 4.98 Å². The van der Waals surface area contributed by atoms with Gasteiger partial charge in [0.15, 0.2) is 5.13 Å². The Bertz CT molecular complexity index is 899. The summed E-state index contributed by atoms with van der Waals surface area (Å²) < 4.78 is 0. The predicted octanol–water partition coefficient (Wildman–Crippen LogP) is 4.37. The average molecular weight is 437 g/mol. The van der Waals surface area contributed by atoms with Gasteiger partial charge < -0.3 is 10.2 Å². The molecule has 0 spiro atoms. The molecule has 5 aliphatic rings. The molecule has 4 aliphatic carbocycles. The van der Waals surface area contributed by atoms with Crippen LogP contribution in [0.4, 0.5) is 10.8 Å². The Hall–Kier alpha value is -1.92. The predicted molar refractivity (Wildman–Crippen MR) is 126 cm³/mol. The van der Waals surface area contributed by atoms with Gasteiger partial charge in [-0.3, -0.25) is 9.69 Å². The summed E-state index contributed by atoms with van der Waals surface area (Å²) in [5.74, 6) is 2.82. The smallest absolute Gasteiger partial charge is 0.240 e. The van der Waals surface area contributed by atoms with E-state index in [2.05, 4.69) is 50.8 Å². The number of hydrogen-bond donors (Lipinski definition) is 1. The molecule has 7 rings (SSSR count). The molecule has 4 saturated carbocycles. The highest BCUT2D eigenvalue weighted by molar-refractivity contribution is 7.14. The lowest BCUT2D eigenvalue weighted by molar-refractivity contribution is -0.117. The number of nitrogens with one attached hydrogen (secondary N) is 1. The Labute approximate surface area is 188 Å². The Morgan fingerprint density at radius 3 is 2.29 bits per heavy atom. The molecule has 0 atom stereocenters. The van der Waals surface area contributed by atoms with Crippen LogP contribution < -0.4 is 10.2 Å². The first kappa shape index (κ1) is 19.7. The molecule has 5 nitrogen and oxygen atoms in total. The van der Waals surface area contributed by atoms with Gasteiger partial charge in [0.25, 0.3) is 0 Å². The summed E-state index contributed by atoms with van der Waals surface area (Å²) in [5.41, 5.74) is 2.84. The molecule has 1 aromatic heterocycles. The largest absolute Gasteiger partial charge is 0.369 e. The van der Waals surface area contributed by atoms with Crippen molar-refractivity contribution >= 4 is 28.1 Å². The highest BCUT2D eigenvalue weighted by Crippen LogP contribution is 2.60. The van der Waals surface area contributed by atoms with Crippen molar-refractivity contribution in [2.24, 2.45) is 17.8 Å². The molecule has 2 aromatic rings. The molecule has 1 amide bonds. The van der Waals surface area contributed by atoms with Crippen LogP contribution in [0.1, 0.15) is 44.2 Å². The molecule has 0 unspecified atom stereocenters. The summed E-state index contributed by atoms with van der Waals surface area (Å²) in [6.07, 6.45) is 8.31. The number of carbonyl (C=O) groups is 1. The summed E-state index contributed by atoms with van der Waals surface area (Å²) in [6.45, 7) is 4.21. The number of aromatic nitrogens is 1. The van der Waals surface area contributed by atoms with Gasteiger partial charge in [0, 0.05) is 42.7 Å². The van der Waals surface area contributed by atoms with Crippen LogP contribution in [-0.4, -0.2) is 48.5 Å². The van der Waals surface area contributed by atoms with E-state index in [0.29, 0.717) is 12.0 Å². The number of para-hydroxylation sites is 1. The monoisotopic (exact) mass is 436 g/mol. The molecule has 5 fully saturated rings. The molecule has 4 bridgehead atoms. The Morgan fingerprint density at radius 2 is 1.65 bits per heavy atom. The Kier molecular flexibility index (Phi) is 5.03. The van der Waals surface area contributed by atoms with Gasteiger partial charge in [0.1, 0.15) is 0 Å². The van der Waals surface area contributed by atoms with E-state index in [-0.39, 0.29) is 5.91 Å². The number of nitrogens with zero attached hydrogens (tertiary/aromatic N) is 3. The van der Waals surface area contributed by atoms with Crippen molar-refractivity contribution in [3.8, 4) is 0 Å². The van der Waals surface area contributed by atoms with Gasteiger partial charge in [0.05, 0.1) is 12.2 Å². The van der Waals surface area contributed by atoms with Crippen molar-refractivity contribution in [2.75, 3.05) is 42.9 Å². The van der Waals surface area contributed by atoms with Gasteiger partial charge in [-0.1, -0.05) is 18.2 Å². The highest BCUT2D eigenvalue weighted by Gasteiger charge is 2.52. The molecule has 1 N–H and O–H groups in total. The lowest BCUT2D eigenvalue weighted by Crippen LogP contribution is -2.49. The maximum Gasteiger partial charge on any atom is 0.240 e. The van der Waals surface area contributed by atoms with Gasteiger partial charge in [-0.25, -0.2) is 4.98 Å². The lowest BCUT2D eigenvalue weighted by atomic mass is 9.49. The van der Waals surface area contributed by atoms with E-state index in [1.54, 1.807) is 11.3 Å². The van der Waals surface area contributed by atoms with Crippen molar-refractivity contribution in [3.63, 3.8) is 0 Å². The number of carbonyl (C=O) groups excluding carboxylic acids is 1. The third-order valence-electron chi connectivity index (χ3n) is 8.19. The van der Waals surface area contributed by atoms with E-state index in [1.165, 1.54) is 49.9 Å². The van der Waals surface area contributed by atoms with Crippen LogP contribution in [0.3, 0.4) is 0 Å². The van der Waals surface area contributed by atoms with Crippen LogP contribution in [0, 0.1) is 17.8 Å². The first-order chi connectivity index (χ1) is 15.1. The van der Waals surface area contributed by atoms with Gasteiger partial charge in [0.2, 0.25) is 5.91 Å². The second-order valence-corrected chi connectivity index (χ2v) is 11.2. The zero-order chi connectivity index (χ0) is 20.8. The zero-order valence-electron chi connectivity index (χ0n) is 18.1. The number of piperazine rings is 1. The highest BCUT2D eigenvalue weighted by atomic mass is 32.1. The van der Waals surface area contributed by atoms with Crippen LogP contribution in [0.5, 0.6) is 0 Å². The maximum atomic E-state index is 12.7. The molecule has 31 heavy (non-hydrogen) atoms. The number of anilines is 2. The van der Waals surface area contributed by atoms with Crippen molar-refractivity contribution in [3.05, 3.63) is 41.4 Å². The van der Waals surface area contributed by atoms with Gasteiger partial charge >= 0.3 is 0 Å². The lowest BCUT2D eigenvalue weighted by Gasteiger charge is -2.56. The molecule has 1 aliphatic heterocycles. The third-order valence-corrected chi connectivity index (χ3v) is 8.95. The maximum absolute atomic E-state index is 12.7. The summed E-state index contributed by atoms with van der Waals surface area (Å²) in [7, 11) is 0. The van der Waals surface area contributed by atoms with Crippen LogP contribution in [-0.2, 0) is 10.2 Å². The van der Waals surface area contributed by atoms with E-state index in [1.807, 2.05) is 0 Å². The van der Waals surface area contributed by atoms with E-state index >= 15 is 0 Å². The number of rotatable bonds is 5. The Morgan fingerprint density at radius 1 is 1.00 bits per heavy atom. The quantitative estimate of drug-likeness (QED) is 0.756. The van der Waals surface area contributed by atoms with E-state index in [0.717, 1.165) is 49.1 Å². The van der Waals surface area contributed by atoms with Crippen LogP contribution in [0.2, 0.25) is 0 Å². The zero-order valence-corrected chi connectivity index (χ0v) is 18.9. The van der Waals surface area contributed by atoms with Crippen LogP contribution in [0.25, 0.3) is 0 Å². The number of benzene rings is 1. The number of amides is 1. The summed E-state index contributed by atoms with van der Waals surface area (Å²) in [6, 6.07) is 10.5. The normalized spacial score (nSPS) is 32.4. The van der Waals surface area contributed by atoms with Crippen LogP contribution >= 0.6 is 11.3 Å². The van der Waals surface area contributed by atoms with Crippen LogP contribution in [0.15, 0.2) is 35.7 Å². The second kappa shape index (κ2) is 7.89. The first-order valence-electron chi connectivity index (χ1n) is 11.9. The SMILES string of the molecule is O=C(CN1CCN(c2ccccc2)CC1)Nc1nc(C23CC4CC(CC(C4)C2)C3)cs1. The minimum Gasteiger partial charge on any atom is -0.369 e. The second-order valence-electron chi connectivity index (χ2n) is 10.4. The van der Waals surface area contributed by atoms with Crippen molar-refractivity contribution in [1.82, 2.24) is 9.88 Å². The minimum absolute atomic E-state index is 0.0690. The molecular formula is C25H32N4OS. The van der Waals surface area contributed by atoms with Gasteiger partial charge in [-0.15, -0.1) is 11.3 Å². The molecule has 2 heterocycles. The molecule has 6 heteroatoms. The fourth-order valence-electron chi connectivity index (χ4n) is 7.16. The molecule has 164 valence electrons. The molecule has 1 saturated heterocycles. The van der Waals surface area contributed by atoms with E-state index < -0.39 is 0 Å². The van der Waals surface area contributed by atoms with Gasteiger partial charge in [-0.05, 0) is 68.4 Å². The van der Waals surface area contributed by atoms with Gasteiger partial charge in [-0.2, -0.15) is 0 Å². The molecular weight excluding hydrogens is 404 g/mol. The first-order valence-corrected chi connectivity index (χ1v) is 12.8. The van der Waals surface area contributed by atoms with Crippen molar-refractivity contribution in [1.29, 1.82) is 0 Å². The summed E-state index contributed by atoms with van der Waals surface area (Å²) in [4.78, 5) is 22.3. The van der Waals surface area contributed by atoms with E-state index in [9.17, 15) is 4.79 Å². The minimum atomic E-state index is 0.0690. The Balaban J connectivity index is 1.04. The topological polar surface area (TPSA) is 48.5 Å². The standard InChI is InChI=1S/C25H32N4OS/c30-23(16-28-6-8-29(9-7-28)21-4-2-1-3-5-21)27-24-26-22(17-31-24)25-13-18-10-19(14-25)12-20(11-18)15-25/h1-5,17-20H,6-16H2,(H,26,27,30). The molecule has 1 aromatic carbocycles.